The van der Waals surface area contributed by atoms with Gasteiger partial charge in [0, 0.05) is 41.8 Å². The second kappa shape index (κ2) is 10.3. The van der Waals surface area contributed by atoms with Crippen LogP contribution in [-0.2, 0) is 17.8 Å². The summed E-state index contributed by atoms with van der Waals surface area (Å²) >= 11 is 7.20. The number of benzene rings is 1. The number of aliphatic carboxylic acids is 1. The first kappa shape index (κ1) is 26.3. The number of aromatic nitrogens is 2. The van der Waals surface area contributed by atoms with Gasteiger partial charge in [-0.25, -0.2) is 14.4 Å². The molecule has 6 nitrogen and oxygen atoms in total. The lowest BCUT2D eigenvalue weighted by Crippen LogP contribution is -2.56. The number of nitrogens with zero attached hydrogens (tertiary/aromatic N) is 3. The highest BCUT2D eigenvalue weighted by Gasteiger charge is 2.54. The van der Waals surface area contributed by atoms with Gasteiger partial charge in [-0.1, -0.05) is 29.8 Å². The number of hydrogen-bond acceptors (Lipinski definition) is 6. The number of thiazole rings is 1. The summed E-state index contributed by atoms with van der Waals surface area (Å²) in [5.74, 6) is -1.68. The summed E-state index contributed by atoms with van der Waals surface area (Å²) in [6.07, 6.45) is -3.94. The van der Waals surface area contributed by atoms with Crippen molar-refractivity contribution < 1.29 is 27.5 Å². The number of carbonyl (C=O) groups is 1. The smallest absolute Gasteiger partial charge is 0.404 e. The van der Waals surface area contributed by atoms with Crippen molar-refractivity contribution in [2.24, 2.45) is 5.41 Å². The van der Waals surface area contributed by atoms with Crippen LogP contribution in [-0.4, -0.2) is 44.7 Å². The molecule has 0 saturated carbocycles. The minimum atomic E-state index is -4.71. The maximum atomic E-state index is 14.4. The summed E-state index contributed by atoms with van der Waals surface area (Å²) in [4.78, 5) is 23.1. The third-order valence-corrected chi connectivity index (χ3v) is 7.44. The van der Waals surface area contributed by atoms with Crippen LogP contribution in [0.4, 0.5) is 28.5 Å². The monoisotopic (exact) mass is 542 g/mol. The Labute approximate surface area is 213 Å². The number of hydrogen-bond donors (Lipinski definition) is 2. The summed E-state index contributed by atoms with van der Waals surface area (Å²) < 4.78 is 56.8. The first-order valence-electron chi connectivity index (χ1n) is 11.1. The van der Waals surface area contributed by atoms with E-state index >= 15 is 0 Å². The molecule has 1 aromatic carbocycles. The Hall–Kier alpha value is -2.76. The summed E-state index contributed by atoms with van der Waals surface area (Å²) in [6.45, 7) is 1.38. The van der Waals surface area contributed by atoms with Crippen LogP contribution in [0.25, 0.3) is 0 Å². The molecular formula is C24H23ClF4N4O2S. The van der Waals surface area contributed by atoms with E-state index in [1.807, 2.05) is 6.92 Å². The van der Waals surface area contributed by atoms with E-state index in [1.165, 1.54) is 29.5 Å². The average molecular weight is 543 g/mol. The molecule has 36 heavy (non-hydrogen) atoms. The molecule has 1 fully saturated rings. The van der Waals surface area contributed by atoms with E-state index in [0.717, 1.165) is 9.78 Å². The zero-order valence-corrected chi connectivity index (χ0v) is 20.7. The van der Waals surface area contributed by atoms with E-state index in [1.54, 1.807) is 24.4 Å². The highest BCUT2D eigenvalue weighted by Crippen LogP contribution is 2.44. The molecule has 2 atom stereocenters. The number of piperidine rings is 1. The maximum Gasteiger partial charge on any atom is 0.404 e. The van der Waals surface area contributed by atoms with E-state index in [-0.39, 0.29) is 36.5 Å². The Morgan fingerprint density at radius 1 is 1.31 bits per heavy atom. The second-order valence-electron chi connectivity index (χ2n) is 8.87. The fraction of sp³-hybridized carbons (Fsp3) is 0.375. The molecule has 0 aliphatic carbocycles. The van der Waals surface area contributed by atoms with Gasteiger partial charge in [0.2, 0.25) is 0 Å². The van der Waals surface area contributed by atoms with E-state index in [4.69, 9.17) is 11.6 Å². The number of nitrogens with one attached hydrogen (secondary N) is 1. The lowest BCUT2D eigenvalue weighted by molar-refractivity contribution is -0.208. The highest BCUT2D eigenvalue weighted by molar-refractivity contribution is 7.15. The predicted molar refractivity (Wildman–Crippen MR) is 129 cm³/mol. The van der Waals surface area contributed by atoms with Crippen LogP contribution in [0.5, 0.6) is 0 Å². The van der Waals surface area contributed by atoms with Crippen molar-refractivity contribution in [2.45, 2.75) is 44.9 Å². The van der Waals surface area contributed by atoms with Crippen molar-refractivity contribution in [3.05, 3.63) is 69.6 Å². The number of carboxylic acid groups (broad SMARTS) is 1. The standard InChI is InChI=1S/C24H23ClF4N4O2S/c1-14-12-30-22(36-14)32-19-7-3-5-16(31-19)10-23(21(34)35)8-9-33(18(11-23)24(27,28)29)13-15-4-2-6-17(25)20(15)26/h2-7,12,18H,8-11,13H2,1H3,(H,34,35)(H,30,31,32). The van der Waals surface area contributed by atoms with Crippen molar-refractivity contribution in [3.63, 3.8) is 0 Å². The summed E-state index contributed by atoms with van der Waals surface area (Å²) in [7, 11) is 0. The van der Waals surface area contributed by atoms with Gasteiger partial charge in [-0.15, -0.1) is 11.3 Å². The maximum absolute atomic E-state index is 14.4. The molecule has 0 radical (unpaired) electrons. The number of alkyl halides is 3. The van der Waals surface area contributed by atoms with Crippen LogP contribution in [0.1, 0.15) is 29.0 Å². The molecule has 2 N–H and O–H groups in total. The van der Waals surface area contributed by atoms with Crippen LogP contribution in [0, 0.1) is 18.2 Å². The summed E-state index contributed by atoms with van der Waals surface area (Å²) in [5.41, 5.74) is -1.31. The lowest BCUT2D eigenvalue weighted by Gasteiger charge is -2.45. The third-order valence-electron chi connectivity index (χ3n) is 6.32. The molecular weight excluding hydrogens is 520 g/mol. The van der Waals surface area contributed by atoms with Gasteiger partial charge in [-0.2, -0.15) is 13.2 Å². The molecule has 3 aromatic rings. The first-order chi connectivity index (χ1) is 17.0. The highest BCUT2D eigenvalue weighted by atomic mass is 35.5. The molecule has 12 heteroatoms. The first-order valence-corrected chi connectivity index (χ1v) is 12.3. The van der Waals surface area contributed by atoms with Gasteiger partial charge < -0.3 is 10.4 Å². The van der Waals surface area contributed by atoms with Gasteiger partial charge in [0.25, 0.3) is 0 Å². The second-order valence-corrected chi connectivity index (χ2v) is 10.5. The number of rotatable bonds is 7. The van der Waals surface area contributed by atoms with Crippen molar-refractivity contribution >= 4 is 39.9 Å². The van der Waals surface area contributed by atoms with Crippen molar-refractivity contribution in [3.8, 4) is 0 Å². The minimum Gasteiger partial charge on any atom is -0.481 e. The van der Waals surface area contributed by atoms with Gasteiger partial charge in [-0.3, -0.25) is 9.69 Å². The Morgan fingerprint density at radius 2 is 2.06 bits per heavy atom. The fourth-order valence-corrected chi connectivity index (χ4v) is 5.33. The number of likely N-dealkylation sites (tertiary alicyclic amines) is 1. The molecule has 4 rings (SSSR count). The van der Waals surface area contributed by atoms with Crippen LogP contribution in [0.2, 0.25) is 5.02 Å². The Kier molecular flexibility index (Phi) is 7.53. The zero-order valence-electron chi connectivity index (χ0n) is 19.1. The van der Waals surface area contributed by atoms with Crippen LogP contribution in [0.15, 0.2) is 42.6 Å². The SMILES string of the molecule is Cc1cnc(Nc2cccc(CC3(C(=O)O)CCN(Cc4cccc(Cl)c4F)C(C(F)(F)F)C3)n2)s1. The van der Waals surface area contributed by atoms with Gasteiger partial charge in [0.15, 0.2) is 5.13 Å². The molecule has 0 bridgehead atoms. The number of carboxylic acids is 1. The Morgan fingerprint density at radius 3 is 2.72 bits per heavy atom. The third kappa shape index (κ3) is 5.79. The molecule has 1 saturated heterocycles. The lowest BCUT2D eigenvalue weighted by atomic mass is 9.71. The number of anilines is 2. The summed E-state index contributed by atoms with van der Waals surface area (Å²) in [6, 6.07) is 7.03. The van der Waals surface area contributed by atoms with E-state index < -0.39 is 35.8 Å². The molecule has 192 valence electrons. The number of halogens is 5. The van der Waals surface area contributed by atoms with Gasteiger partial charge in [-0.05, 0) is 38.0 Å². The van der Waals surface area contributed by atoms with Gasteiger partial charge in [0.1, 0.15) is 17.7 Å². The van der Waals surface area contributed by atoms with E-state index in [0.29, 0.717) is 16.6 Å². The minimum absolute atomic E-state index is 0.0254. The largest absolute Gasteiger partial charge is 0.481 e. The molecule has 2 unspecified atom stereocenters. The van der Waals surface area contributed by atoms with Crippen LogP contribution < -0.4 is 5.32 Å². The van der Waals surface area contributed by atoms with Crippen LogP contribution in [0.3, 0.4) is 0 Å². The van der Waals surface area contributed by atoms with Crippen molar-refractivity contribution in [1.29, 1.82) is 0 Å². The molecule has 3 heterocycles. The average Bonchev–Trinajstić information content (AvgIpc) is 3.21. The Bertz CT molecular complexity index is 1250. The topological polar surface area (TPSA) is 78.3 Å². The van der Waals surface area contributed by atoms with E-state index in [2.05, 4.69) is 15.3 Å². The molecule has 1 aliphatic rings. The Balaban J connectivity index is 1.57. The zero-order chi connectivity index (χ0) is 26.1. The molecule has 2 aromatic heterocycles. The van der Waals surface area contributed by atoms with Gasteiger partial charge in [0.05, 0.1) is 10.4 Å². The normalized spacial score (nSPS) is 20.9. The summed E-state index contributed by atoms with van der Waals surface area (Å²) in [5, 5.41) is 13.5. The fourth-order valence-electron chi connectivity index (χ4n) is 4.46. The van der Waals surface area contributed by atoms with E-state index in [9.17, 15) is 27.5 Å². The van der Waals surface area contributed by atoms with Crippen molar-refractivity contribution in [2.75, 3.05) is 11.9 Å². The molecule has 1 aliphatic heterocycles. The van der Waals surface area contributed by atoms with Crippen molar-refractivity contribution in [1.82, 2.24) is 14.9 Å². The number of aryl methyl sites for hydroxylation is 1. The predicted octanol–water partition coefficient (Wildman–Crippen LogP) is 6.22. The number of pyridine rings is 1. The molecule has 0 amide bonds. The van der Waals surface area contributed by atoms with Gasteiger partial charge >= 0.3 is 12.1 Å². The quantitative estimate of drug-likeness (QED) is 0.345. The molecule has 0 spiro atoms. The van der Waals surface area contributed by atoms with Crippen LogP contribution >= 0.6 is 22.9 Å².